The number of nitrogens with one attached hydrogen (secondary N) is 2. The molecular formula is C16H18ClN3O3. The van der Waals surface area contributed by atoms with E-state index in [1.165, 1.54) is 6.20 Å². The summed E-state index contributed by atoms with van der Waals surface area (Å²) in [5.74, 6) is 1.48. The number of halogens is 1. The third kappa shape index (κ3) is 4.50. The van der Waals surface area contributed by atoms with Crippen LogP contribution in [0.25, 0.3) is 0 Å². The number of benzene rings is 1. The lowest BCUT2D eigenvalue weighted by atomic mass is 10.2. The Labute approximate surface area is 139 Å². The van der Waals surface area contributed by atoms with E-state index in [4.69, 9.17) is 21.1 Å². The molecule has 23 heavy (non-hydrogen) atoms. The zero-order chi connectivity index (χ0) is 16.8. The molecule has 2 N–H and O–H groups in total. The van der Waals surface area contributed by atoms with Crippen LogP contribution >= 0.6 is 11.6 Å². The number of carbonyl (C=O) groups excluding carboxylic acids is 1. The van der Waals surface area contributed by atoms with Crippen LogP contribution in [0.4, 0.5) is 11.5 Å². The van der Waals surface area contributed by atoms with Gasteiger partial charge in [-0.2, -0.15) is 0 Å². The topological polar surface area (TPSA) is 72.5 Å². The van der Waals surface area contributed by atoms with Gasteiger partial charge >= 0.3 is 0 Å². The number of methoxy groups -OCH3 is 2. The van der Waals surface area contributed by atoms with Crippen LogP contribution in [-0.2, 0) is 4.79 Å². The summed E-state index contributed by atoms with van der Waals surface area (Å²) in [6.07, 6.45) is 1.47. The van der Waals surface area contributed by atoms with Crippen molar-refractivity contribution in [2.75, 3.05) is 24.9 Å². The molecule has 6 nitrogen and oxygen atoms in total. The lowest BCUT2D eigenvalue weighted by molar-refractivity contribution is -0.116. The fourth-order valence-electron chi connectivity index (χ4n) is 1.90. The Morgan fingerprint density at radius 2 is 2.00 bits per heavy atom. The van der Waals surface area contributed by atoms with Gasteiger partial charge in [0.2, 0.25) is 5.91 Å². The van der Waals surface area contributed by atoms with E-state index in [0.29, 0.717) is 28.0 Å². The zero-order valence-electron chi connectivity index (χ0n) is 13.1. The van der Waals surface area contributed by atoms with Gasteiger partial charge in [0.1, 0.15) is 23.4 Å². The summed E-state index contributed by atoms with van der Waals surface area (Å²) in [6.45, 7) is 1.74. The molecule has 0 aliphatic heterocycles. The van der Waals surface area contributed by atoms with E-state index in [-0.39, 0.29) is 5.91 Å². The standard InChI is InChI=1S/C16H18ClN3O3/c1-10(16(21)20-15-7-4-11(17)9-18-15)19-13-6-5-12(22-2)8-14(13)23-3/h4-10,19H,1-3H3,(H,18,20,21)/t10-/m0/s1. The van der Waals surface area contributed by atoms with E-state index >= 15 is 0 Å². The number of ether oxygens (including phenoxy) is 2. The second-order valence-electron chi connectivity index (χ2n) is 4.78. The summed E-state index contributed by atoms with van der Waals surface area (Å²) in [5.41, 5.74) is 0.694. The first kappa shape index (κ1) is 16.9. The second-order valence-corrected chi connectivity index (χ2v) is 5.22. The molecule has 0 unspecified atom stereocenters. The zero-order valence-corrected chi connectivity index (χ0v) is 13.8. The molecule has 0 radical (unpaired) electrons. The van der Waals surface area contributed by atoms with Gasteiger partial charge in [-0.15, -0.1) is 0 Å². The molecule has 0 spiro atoms. The van der Waals surface area contributed by atoms with Crippen LogP contribution in [0.3, 0.4) is 0 Å². The van der Waals surface area contributed by atoms with Gasteiger partial charge in [0.25, 0.3) is 0 Å². The second kappa shape index (κ2) is 7.69. The van der Waals surface area contributed by atoms with Crippen LogP contribution in [0, 0.1) is 0 Å². The van der Waals surface area contributed by atoms with Gasteiger partial charge in [-0.3, -0.25) is 4.79 Å². The van der Waals surface area contributed by atoms with Gasteiger partial charge in [0, 0.05) is 12.3 Å². The van der Waals surface area contributed by atoms with E-state index in [9.17, 15) is 4.79 Å². The molecule has 122 valence electrons. The molecule has 0 saturated carbocycles. The fourth-order valence-corrected chi connectivity index (χ4v) is 2.01. The largest absolute Gasteiger partial charge is 0.497 e. The van der Waals surface area contributed by atoms with Crippen LogP contribution in [0.1, 0.15) is 6.92 Å². The number of hydrogen-bond donors (Lipinski definition) is 2. The third-order valence-electron chi connectivity index (χ3n) is 3.15. The maximum atomic E-state index is 12.2. The normalized spacial score (nSPS) is 11.5. The number of hydrogen-bond acceptors (Lipinski definition) is 5. The molecule has 1 atom stereocenters. The monoisotopic (exact) mass is 335 g/mol. The Hall–Kier alpha value is -2.47. The Kier molecular flexibility index (Phi) is 5.65. The van der Waals surface area contributed by atoms with Crippen LogP contribution in [0.2, 0.25) is 5.02 Å². The molecule has 0 saturated heterocycles. The van der Waals surface area contributed by atoms with Gasteiger partial charge in [-0.05, 0) is 31.2 Å². The van der Waals surface area contributed by atoms with Gasteiger partial charge < -0.3 is 20.1 Å². The smallest absolute Gasteiger partial charge is 0.247 e. The lowest BCUT2D eigenvalue weighted by Crippen LogP contribution is -2.32. The van der Waals surface area contributed by atoms with Gasteiger partial charge in [-0.1, -0.05) is 11.6 Å². The van der Waals surface area contributed by atoms with E-state index in [0.717, 1.165) is 0 Å². The first-order chi connectivity index (χ1) is 11.0. The van der Waals surface area contributed by atoms with Gasteiger partial charge in [-0.25, -0.2) is 4.98 Å². The van der Waals surface area contributed by atoms with Crippen molar-refractivity contribution in [1.29, 1.82) is 0 Å². The number of rotatable bonds is 6. The minimum atomic E-state index is -0.491. The number of aromatic nitrogens is 1. The first-order valence-electron chi connectivity index (χ1n) is 6.94. The molecule has 0 bridgehead atoms. The van der Waals surface area contributed by atoms with Crippen molar-refractivity contribution in [1.82, 2.24) is 4.98 Å². The molecule has 1 aromatic carbocycles. The molecule has 1 aromatic heterocycles. The molecule has 2 rings (SSSR count). The molecule has 1 heterocycles. The Bertz CT molecular complexity index is 677. The van der Waals surface area contributed by atoms with E-state index in [2.05, 4.69) is 15.6 Å². The van der Waals surface area contributed by atoms with Crippen molar-refractivity contribution in [2.24, 2.45) is 0 Å². The van der Waals surface area contributed by atoms with Gasteiger partial charge in [0.15, 0.2) is 0 Å². The number of nitrogens with zero attached hydrogens (tertiary/aromatic N) is 1. The van der Waals surface area contributed by atoms with E-state index in [1.54, 1.807) is 51.5 Å². The van der Waals surface area contributed by atoms with Crippen LogP contribution in [0.5, 0.6) is 11.5 Å². The quantitative estimate of drug-likeness (QED) is 0.848. The minimum absolute atomic E-state index is 0.224. The van der Waals surface area contributed by atoms with E-state index in [1.807, 2.05) is 0 Å². The van der Waals surface area contributed by atoms with Crippen molar-refractivity contribution >= 4 is 29.0 Å². The summed E-state index contributed by atoms with van der Waals surface area (Å²) >= 11 is 5.76. The van der Waals surface area contributed by atoms with Crippen LogP contribution in [0.15, 0.2) is 36.5 Å². The summed E-state index contributed by atoms with van der Waals surface area (Å²) in [6, 6.07) is 8.14. The molecule has 0 fully saturated rings. The summed E-state index contributed by atoms with van der Waals surface area (Å²) in [4.78, 5) is 16.2. The number of anilines is 2. The van der Waals surface area contributed by atoms with Gasteiger partial charge in [0.05, 0.1) is 24.9 Å². The molecular weight excluding hydrogens is 318 g/mol. The molecule has 2 aromatic rings. The SMILES string of the molecule is COc1ccc(N[C@@H](C)C(=O)Nc2ccc(Cl)cn2)c(OC)c1. The average Bonchev–Trinajstić information content (AvgIpc) is 2.57. The maximum absolute atomic E-state index is 12.2. The Morgan fingerprint density at radius 3 is 2.61 bits per heavy atom. The summed E-state index contributed by atoms with van der Waals surface area (Å²) in [7, 11) is 3.14. The number of carbonyl (C=O) groups is 1. The highest BCUT2D eigenvalue weighted by atomic mass is 35.5. The minimum Gasteiger partial charge on any atom is -0.497 e. The van der Waals surface area contributed by atoms with Crippen molar-refractivity contribution in [3.05, 3.63) is 41.6 Å². The number of pyridine rings is 1. The van der Waals surface area contributed by atoms with Crippen molar-refractivity contribution in [3.8, 4) is 11.5 Å². The predicted molar refractivity (Wildman–Crippen MR) is 90.5 cm³/mol. The fraction of sp³-hybridized carbons (Fsp3) is 0.250. The molecule has 1 amide bonds. The highest BCUT2D eigenvalue weighted by Gasteiger charge is 2.15. The van der Waals surface area contributed by atoms with E-state index < -0.39 is 6.04 Å². The van der Waals surface area contributed by atoms with Crippen LogP contribution in [-0.4, -0.2) is 31.2 Å². The summed E-state index contributed by atoms with van der Waals surface area (Å²) < 4.78 is 10.4. The van der Waals surface area contributed by atoms with Crippen molar-refractivity contribution < 1.29 is 14.3 Å². The molecule has 0 aliphatic carbocycles. The molecule has 7 heteroatoms. The highest BCUT2D eigenvalue weighted by molar-refractivity contribution is 6.30. The number of amides is 1. The first-order valence-corrected chi connectivity index (χ1v) is 7.32. The highest BCUT2D eigenvalue weighted by Crippen LogP contribution is 2.29. The average molecular weight is 336 g/mol. The maximum Gasteiger partial charge on any atom is 0.247 e. The summed E-state index contributed by atoms with van der Waals surface area (Å²) in [5, 5.41) is 6.32. The van der Waals surface area contributed by atoms with Crippen molar-refractivity contribution in [2.45, 2.75) is 13.0 Å². The Morgan fingerprint density at radius 1 is 1.22 bits per heavy atom. The molecule has 0 aliphatic rings. The Balaban J connectivity index is 2.04. The predicted octanol–water partition coefficient (Wildman–Crippen LogP) is 3.19. The lowest BCUT2D eigenvalue weighted by Gasteiger charge is -2.17. The van der Waals surface area contributed by atoms with Crippen molar-refractivity contribution in [3.63, 3.8) is 0 Å². The third-order valence-corrected chi connectivity index (χ3v) is 3.38. The van der Waals surface area contributed by atoms with Crippen LogP contribution < -0.4 is 20.1 Å².